The molecular formula is C18H30N2O. The van der Waals surface area contributed by atoms with E-state index in [-0.39, 0.29) is 0 Å². The summed E-state index contributed by atoms with van der Waals surface area (Å²) in [5.74, 6) is 0.673. The zero-order valence-corrected chi connectivity index (χ0v) is 13.7. The fraction of sp³-hybridized carbons (Fsp3) is 0.667. The van der Waals surface area contributed by atoms with Crippen molar-refractivity contribution < 1.29 is 5.11 Å². The van der Waals surface area contributed by atoms with Crippen molar-refractivity contribution in [3.05, 3.63) is 35.4 Å². The van der Waals surface area contributed by atoms with Gasteiger partial charge in [0, 0.05) is 12.6 Å². The number of benzene rings is 1. The molecule has 0 aliphatic carbocycles. The van der Waals surface area contributed by atoms with Crippen LogP contribution < -0.4 is 5.32 Å². The van der Waals surface area contributed by atoms with Gasteiger partial charge in [0.1, 0.15) is 0 Å². The fourth-order valence-corrected chi connectivity index (χ4v) is 2.96. The van der Waals surface area contributed by atoms with E-state index >= 15 is 0 Å². The molecule has 118 valence electrons. The second-order valence-corrected chi connectivity index (χ2v) is 6.84. The van der Waals surface area contributed by atoms with Crippen LogP contribution in [0.25, 0.3) is 0 Å². The first-order chi connectivity index (χ1) is 10.0. The van der Waals surface area contributed by atoms with Gasteiger partial charge in [-0.05, 0) is 56.4 Å². The van der Waals surface area contributed by atoms with Crippen molar-refractivity contribution in [2.75, 3.05) is 26.7 Å². The van der Waals surface area contributed by atoms with Crippen LogP contribution in [0.15, 0.2) is 24.3 Å². The van der Waals surface area contributed by atoms with Gasteiger partial charge in [-0.2, -0.15) is 0 Å². The number of likely N-dealkylation sites (tertiary alicyclic amines) is 1. The highest BCUT2D eigenvalue weighted by Gasteiger charge is 2.17. The first-order valence-electron chi connectivity index (χ1n) is 8.23. The van der Waals surface area contributed by atoms with Crippen LogP contribution in [0.3, 0.4) is 0 Å². The molecule has 1 saturated heterocycles. The number of hydrogen-bond acceptors (Lipinski definition) is 3. The Balaban J connectivity index is 1.78. The Morgan fingerprint density at radius 1 is 1.19 bits per heavy atom. The van der Waals surface area contributed by atoms with E-state index in [9.17, 15) is 5.11 Å². The molecule has 1 unspecified atom stereocenters. The van der Waals surface area contributed by atoms with Crippen LogP contribution in [0.1, 0.15) is 43.9 Å². The predicted molar refractivity (Wildman–Crippen MR) is 88.5 cm³/mol. The lowest BCUT2D eigenvalue weighted by Crippen LogP contribution is -2.42. The molecule has 3 nitrogen and oxygen atoms in total. The number of nitrogens with one attached hydrogen (secondary N) is 1. The van der Waals surface area contributed by atoms with Gasteiger partial charge in [0.25, 0.3) is 0 Å². The van der Waals surface area contributed by atoms with E-state index in [0.29, 0.717) is 18.5 Å². The first kappa shape index (κ1) is 16.5. The van der Waals surface area contributed by atoms with Crippen molar-refractivity contribution in [2.45, 2.75) is 45.3 Å². The van der Waals surface area contributed by atoms with Crippen LogP contribution in [0.4, 0.5) is 0 Å². The van der Waals surface area contributed by atoms with Crippen molar-refractivity contribution in [3.63, 3.8) is 0 Å². The molecule has 1 heterocycles. The van der Waals surface area contributed by atoms with E-state index in [4.69, 9.17) is 0 Å². The summed E-state index contributed by atoms with van der Waals surface area (Å²) in [5, 5.41) is 13.8. The molecule has 1 aromatic carbocycles. The first-order valence-corrected chi connectivity index (χ1v) is 8.23. The quantitative estimate of drug-likeness (QED) is 0.845. The standard InChI is InChI=1S/C18H30N2O/c1-14(2)12-15-4-6-16(7-5-15)18(21)13-19-17-8-10-20(3)11-9-17/h4-7,14,17-19,21H,8-13H2,1-3H3. The molecule has 0 aromatic heterocycles. The monoisotopic (exact) mass is 290 g/mol. The van der Waals surface area contributed by atoms with Crippen molar-refractivity contribution in [3.8, 4) is 0 Å². The molecule has 1 atom stereocenters. The number of aliphatic hydroxyl groups is 1. The van der Waals surface area contributed by atoms with E-state index in [1.165, 1.54) is 18.4 Å². The minimum absolute atomic E-state index is 0.405. The minimum Gasteiger partial charge on any atom is -0.387 e. The maximum atomic E-state index is 10.3. The van der Waals surface area contributed by atoms with Gasteiger partial charge < -0.3 is 15.3 Å². The van der Waals surface area contributed by atoms with Gasteiger partial charge in [-0.25, -0.2) is 0 Å². The molecule has 1 aliphatic rings. The zero-order valence-electron chi connectivity index (χ0n) is 13.7. The van der Waals surface area contributed by atoms with Crippen LogP contribution in [0.5, 0.6) is 0 Å². The van der Waals surface area contributed by atoms with Gasteiger partial charge in [-0.1, -0.05) is 38.1 Å². The molecule has 1 aromatic rings. The van der Waals surface area contributed by atoms with Gasteiger partial charge in [-0.15, -0.1) is 0 Å². The summed E-state index contributed by atoms with van der Waals surface area (Å²) in [6, 6.07) is 8.98. The average molecular weight is 290 g/mol. The molecule has 2 N–H and O–H groups in total. The zero-order chi connectivity index (χ0) is 15.2. The number of nitrogens with zero attached hydrogens (tertiary/aromatic N) is 1. The molecule has 1 fully saturated rings. The SMILES string of the molecule is CC(C)Cc1ccc(C(O)CNC2CCN(C)CC2)cc1. The van der Waals surface area contributed by atoms with E-state index in [1.807, 2.05) is 0 Å². The van der Waals surface area contributed by atoms with Crippen molar-refractivity contribution in [1.29, 1.82) is 0 Å². The Labute approximate surface area is 129 Å². The van der Waals surface area contributed by atoms with Crippen molar-refractivity contribution >= 4 is 0 Å². The summed E-state index contributed by atoms with van der Waals surface area (Å²) < 4.78 is 0. The number of rotatable bonds is 6. The number of aliphatic hydroxyl groups excluding tert-OH is 1. The largest absolute Gasteiger partial charge is 0.387 e. The summed E-state index contributed by atoms with van der Waals surface area (Å²) in [5.41, 5.74) is 2.37. The normalized spacial score (nSPS) is 19.1. The topological polar surface area (TPSA) is 35.5 Å². The molecule has 0 spiro atoms. The highest BCUT2D eigenvalue weighted by atomic mass is 16.3. The molecule has 0 amide bonds. The summed E-state index contributed by atoms with van der Waals surface area (Å²) in [6.45, 7) is 7.41. The van der Waals surface area contributed by atoms with Gasteiger partial charge in [0.15, 0.2) is 0 Å². The van der Waals surface area contributed by atoms with Gasteiger partial charge >= 0.3 is 0 Å². The molecule has 0 bridgehead atoms. The molecule has 0 radical (unpaired) electrons. The van der Waals surface area contributed by atoms with E-state index in [2.05, 4.69) is 55.4 Å². The Kier molecular flexibility index (Phi) is 6.22. The number of piperidine rings is 1. The second-order valence-electron chi connectivity index (χ2n) is 6.84. The molecule has 0 saturated carbocycles. The molecule has 21 heavy (non-hydrogen) atoms. The maximum Gasteiger partial charge on any atom is 0.0914 e. The van der Waals surface area contributed by atoms with Gasteiger partial charge in [0.2, 0.25) is 0 Å². The lowest BCUT2D eigenvalue weighted by Gasteiger charge is -2.30. The van der Waals surface area contributed by atoms with Crippen LogP contribution >= 0.6 is 0 Å². The van der Waals surface area contributed by atoms with Crippen molar-refractivity contribution in [2.24, 2.45) is 5.92 Å². The van der Waals surface area contributed by atoms with E-state index in [0.717, 1.165) is 25.1 Å². The van der Waals surface area contributed by atoms with Crippen LogP contribution in [0, 0.1) is 5.92 Å². The smallest absolute Gasteiger partial charge is 0.0914 e. The molecular weight excluding hydrogens is 260 g/mol. The average Bonchev–Trinajstić information content (AvgIpc) is 2.46. The highest BCUT2D eigenvalue weighted by Crippen LogP contribution is 2.16. The summed E-state index contributed by atoms with van der Waals surface area (Å²) in [7, 11) is 2.17. The van der Waals surface area contributed by atoms with Gasteiger partial charge in [0.05, 0.1) is 6.10 Å². The molecule has 2 rings (SSSR count). The molecule has 1 aliphatic heterocycles. The minimum atomic E-state index is -0.405. The maximum absolute atomic E-state index is 10.3. The third kappa shape index (κ3) is 5.42. The fourth-order valence-electron chi connectivity index (χ4n) is 2.96. The molecule has 3 heteroatoms. The number of hydrogen-bond donors (Lipinski definition) is 2. The van der Waals surface area contributed by atoms with E-state index in [1.54, 1.807) is 0 Å². The van der Waals surface area contributed by atoms with Crippen LogP contribution in [-0.4, -0.2) is 42.7 Å². The van der Waals surface area contributed by atoms with Gasteiger partial charge in [-0.3, -0.25) is 0 Å². The van der Waals surface area contributed by atoms with Crippen LogP contribution in [-0.2, 0) is 6.42 Å². The Hall–Kier alpha value is -0.900. The Morgan fingerprint density at radius 2 is 1.81 bits per heavy atom. The lowest BCUT2D eigenvalue weighted by molar-refractivity contribution is 0.158. The predicted octanol–water partition coefficient (Wildman–Crippen LogP) is 2.60. The van der Waals surface area contributed by atoms with Crippen molar-refractivity contribution in [1.82, 2.24) is 10.2 Å². The second kappa shape index (κ2) is 7.92. The Morgan fingerprint density at radius 3 is 2.38 bits per heavy atom. The third-order valence-electron chi connectivity index (χ3n) is 4.33. The third-order valence-corrected chi connectivity index (χ3v) is 4.33. The summed E-state index contributed by atoms with van der Waals surface area (Å²) in [6.07, 6.45) is 3.05. The van der Waals surface area contributed by atoms with E-state index < -0.39 is 6.10 Å². The lowest BCUT2D eigenvalue weighted by atomic mass is 10.00. The van der Waals surface area contributed by atoms with Crippen LogP contribution in [0.2, 0.25) is 0 Å². The Bertz CT molecular complexity index is 408. The highest BCUT2D eigenvalue weighted by molar-refractivity contribution is 5.24. The summed E-state index contributed by atoms with van der Waals surface area (Å²) >= 11 is 0. The summed E-state index contributed by atoms with van der Waals surface area (Å²) in [4.78, 5) is 2.36.